The maximum Gasteiger partial charge on any atom is 0.342 e. The Morgan fingerprint density at radius 1 is 1.06 bits per heavy atom. The zero-order valence-electron chi connectivity index (χ0n) is 18.6. The number of benzene rings is 2. The number of para-hydroxylation sites is 1. The normalized spacial score (nSPS) is 13.0. The fourth-order valence-corrected chi connectivity index (χ4v) is 3.78. The minimum absolute atomic E-state index is 0.192. The molecule has 0 N–H and O–H groups in total. The molecule has 0 spiro atoms. The van der Waals surface area contributed by atoms with Gasteiger partial charge in [0.05, 0.1) is 24.2 Å². The van der Waals surface area contributed by atoms with Gasteiger partial charge in [0.25, 0.3) is 5.91 Å². The van der Waals surface area contributed by atoms with Crippen molar-refractivity contribution in [1.29, 1.82) is 0 Å². The summed E-state index contributed by atoms with van der Waals surface area (Å²) in [6.07, 6.45) is 1.94. The highest BCUT2D eigenvalue weighted by molar-refractivity contribution is 5.93. The molecular weight excluding hydrogens is 406 g/mol. The van der Waals surface area contributed by atoms with Crippen LogP contribution in [0.4, 0.5) is 0 Å². The number of carbonyl (C=O) groups is 2. The summed E-state index contributed by atoms with van der Waals surface area (Å²) in [6.45, 7) is 3.78. The Labute approximate surface area is 187 Å². The van der Waals surface area contributed by atoms with Crippen LogP contribution < -0.4 is 4.74 Å². The van der Waals surface area contributed by atoms with E-state index in [1.54, 1.807) is 23.6 Å². The van der Waals surface area contributed by atoms with Crippen LogP contribution in [-0.2, 0) is 16.1 Å². The third-order valence-corrected chi connectivity index (χ3v) is 5.64. The molecule has 2 aromatic carbocycles. The lowest BCUT2D eigenvalue weighted by Crippen LogP contribution is -2.36. The van der Waals surface area contributed by atoms with Gasteiger partial charge in [0.1, 0.15) is 11.3 Å². The van der Waals surface area contributed by atoms with E-state index in [2.05, 4.69) is 5.10 Å². The fraction of sp³-hybridized carbons (Fsp3) is 0.320. The number of carbonyl (C=O) groups excluding carboxylic acids is 2. The standard InChI is InChI=1S/C25H27N3O4/c1-17-24(18(2)28(26-17)21-7-5-4-6-8-21)25(30)32-16-23(29)27(20-11-12-20)15-19-9-13-22(31-3)14-10-19/h4-10,13-14,20H,11-12,15-16H2,1-3H3. The Balaban J connectivity index is 1.42. The number of aromatic nitrogens is 2. The quantitative estimate of drug-likeness (QED) is 0.505. The summed E-state index contributed by atoms with van der Waals surface area (Å²) < 4.78 is 12.3. The molecule has 1 aromatic heterocycles. The number of nitrogens with zero attached hydrogens (tertiary/aromatic N) is 3. The van der Waals surface area contributed by atoms with Crippen LogP contribution >= 0.6 is 0 Å². The lowest BCUT2D eigenvalue weighted by atomic mass is 10.2. The lowest BCUT2D eigenvalue weighted by Gasteiger charge is -2.22. The van der Waals surface area contributed by atoms with E-state index < -0.39 is 5.97 Å². The van der Waals surface area contributed by atoms with E-state index in [0.717, 1.165) is 29.8 Å². The van der Waals surface area contributed by atoms with Crippen LogP contribution in [0.3, 0.4) is 0 Å². The Bertz CT molecular complexity index is 1100. The SMILES string of the molecule is COc1ccc(CN(C(=O)COC(=O)c2c(C)nn(-c3ccccc3)c2C)C2CC2)cc1. The van der Waals surface area contributed by atoms with Crippen molar-refractivity contribution in [2.75, 3.05) is 13.7 Å². The Kier molecular flexibility index (Phi) is 6.25. The highest BCUT2D eigenvalue weighted by Gasteiger charge is 2.33. The molecule has 7 nitrogen and oxygen atoms in total. The van der Waals surface area contributed by atoms with E-state index in [0.29, 0.717) is 23.5 Å². The summed E-state index contributed by atoms with van der Waals surface area (Å²) >= 11 is 0. The van der Waals surface area contributed by atoms with Crippen molar-refractivity contribution in [2.24, 2.45) is 0 Å². The number of ether oxygens (including phenoxy) is 2. The first kappa shape index (κ1) is 21.6. The monoisotopic (exact) mass is 433 g/mol. The number of methoxy groups -OCH3 is 1. The van der Waals surface area contributed by atoms with Gasteiger partial charge in [-0.1, -0.05) is 30.3 Å². The summed E-state index contributed by atoms with van der Waals surface area (Å²) in [5.74, 6) is 0.0481. The molecule has 0 unspecified atom stereocenters. The van der Waals surface area contributed by atoms with Crippen molar-refractivity contribution in [3.8, 4) is 11.4 Å². The number of rotatable bonds is 8. The highest BCUT2D eigenvalue weighted by atomic mass is 16.5. The number of hydrogen-bond acceptors (Lipinski definition) is 5. The molecule has 1 amide bonds. The van der Waals surface area contributed by atoms with Gasteiger partial charge in [-0.05, 0) is 56.5 Å². The smallest absolute Gasteiger partial charge is 0.342 e. The van der Waals surface area contributed by atoms with E-state index in [4.69, 9.17) is 9.47 Å². The molecule has 1 saturated carbocycles. The van der Waals surface area contributed by atoms with Gasteiger partial charge >= 0.3 is 5.97 Å². The molecule has 3 aromatic rings. The maximum absolute atomic E-state index is 12.9. The van der Waals surface area contributed by atoms with Crippen LogP contribution in [0.15, 0.2) is 54.6 Å². The number of hydrogen-bond donors (Lipinski definition) is 0. The third kappa shape index (κ3) is 4.66. The van der Waals surface area contributed by atoms with Crippen molar-refractivity contribution in [2.45, 2.75) is 39.3 Å². The molecule has 166 valence electrons. The second-order valence-corrected chi connectivity index (χ2v) is 7.97. The summed E-state index contributed by atoms with van der Waals surface area (Å²) in [4.78, 5) is 27.5. The molecule has 4 rings (SSSR count). The summed E-state index contributed by atoms with van der Waals surface area (Å²) in [6, 6.07) is 17.4. The summed E-state index contributed by atoms with van der Waals surface area (Å²) in [5, 5.41) is 4.48. The van der Waals surface area contributed by atoms with Crippen molar-refractivity contribution in [3.05, 3.63) is 77.1 Å². The first-order valence-electron chi connectivity index (χ1n) is 10.7. The van der Waals surface area contributed by atoms with Crippen LogP contribution in [0.1, 0.15) is 40.2 Å². The number of amides is 1. The van der Waals surface area contributed by atoms with Gasteiger partial charge in [0.2, 0.25) is 0 Å². The molecule has 1 heterocycles. The van der Waals surface area contributed by atoms with Crippen LogP contribution in [0.2, 0.25) is 0 Å². The predicted molar refractivity (Wildman–Crippen MR) is 120 cm³/mol. The molecule has 0 bridgehead atoms. The molecule has 0 aliphatic heterocycles. The molecule has 0 atom stereocenters. The zero-order chi connectivity index (χ0) is 22.7. The van der Waals surface area contributed by atoms with Gasteiger partial charge in [-0.2, -0.15) is 5.10 Å². The molecule has 32 heavy (non-hydrogen) atoms. The maximum atomic E-state index is 12.9. The first-order valence-corrected chi connectivity index (χ1v) is 10.7. The molecular formula is C25H27N3O4. The summed E-state index contributed by atoms with van der Waals surface area (Å²) in [5.41, 5.74) is 3.52. The third-order valence-electron chi connectivity index (χ3n) is 5.64. The van der Waals surface area contributed by atoms with E-state index in [1.165, 1.54) is 0 Å². The second kappa shape index (κ2) is 9.26. The van der Waals surface area contributed by atoms with Crippen LogP contribution in [0, 0.1) is 13.8 Å². The van der Waals surface area contributed by atoms with Crippen molar-refractivity contribution in [1.82, 2.24) is 14.7 Å². The average Bonchev–Trinajstić information content (AvgIpc) is 3.61. The lowest BCUT2D eigenvalue weighted by molar-refractivity contribution is -0.135. The molecule has 1 aliphatic carbocycles. The van der Waals surface area contributed by atoms with Crippen LogP contribution in [0.5, 0.6) is 5.75 Å². The van der Waals surface area contributed by atoms with Crippen molar-refractivity contribution < 1.29 is 19.1 Å². The molecule has 1 fully saturated rings. The predicted octanol–water partition coefficient (Wildman–Crippen LogP) is 3.85. The second-order valence-electron chi connectivity index (χ2n) is 7.97. The fourth-order valence-electron chi connectivity index (χ4n) is 3.78. The highest BCUT2D eigenvalue weighted by Crippen LogP contribution is 2.29. The summed E-state index contributed by atoms with van der Waals surface area (Å²) in [7, 11) is 1.62. The average molecular weight is 434 g/mol. The van der Waals surface area contributed by atoms with E-state index in [-0.39, 0.29) is 18.6 Å². The van der Waals surface area contributed by atoms with Gasteiger partial charge in [0.15, 0.2) is 6.61 Å². The van der Waals surface area contributed by atoms with E-state index >= 15 is 0 Å². The molecule has 0 saturated heterocycles. The number of aryl methyl sites for hydroxylation is 1. The van der Waals surface area contributed by atoms with Crippen LogP contribution in [0.25, 0.3) is 5.69 Å². The first-order chi connectivity index (χ1) is 15.5. The van der Waals surface area contributed by atoms with Gasteiger partial charge in [0, 0.05) is 12.6 Å². The Hall–Kier alpha value is -3.61. The van der Waals surface area contributed by atoms with Crippen LogP contribution in [-0.4, -0.2) is 46.3 Å². The molecule has 7 heteroatoms. The topological polar surface area (TPSA) is 73.7 Å². The largest absolute Gasteiger partial charge is 0.497 e. The zero-order valence-corrected chi connectivity index (χ0v) is 18.6. The number of esters is 1. The minimum Gasteiger partial charge on any atom is -0.497 e. The minimum atomic E-state index is -0.532. The van der Waals surface area contributed by atoms with E-state index in [1.807, 2.05) is 61.5 Å². The van der Waals surface area contributed by atoms with Gasteiger partial charge < -0.3 is 14.4 Å². The Morgan fingerprint density at radius 2 is 1.75 bits per heavy atom. The van der Waals surface area contributed by atoms with Gasteiger partial charge in [-0.3, -0.25) is 4.79 Å². The van der Waals surface area contributed by atoms with Gasteiger partial charge in [-0.15, -0.1) is 0 Å². The Morgan fingerprint density at radius 3 is 2.38 bits per heavy atom. The molecule has 0 radical (unpaired) electrons. The van der Waals surface area contributed by atoms with Crippen molar-refractivity contribution in [3.63, 3.8) is 0 Å². The van der Waals surface area contributed by atoms with E-state index in [9.17, 15) is 9.59 Å². The van der Waals surface area contributed by atoms with Gasteiger partial charge in [-0.25, -0.2) is 9.48 Å². The van der Waals surface area contributed by atoms with Crippen molar-refractivity contribution >= 4 is 11.9 Å². The molecule has 1 aliphatic rings.